The topological polar surface area (TPSA) is 29.5 Å². The third-order valence-corrected chi connectivity index (χ3v) is 1.23. The zero-order valence-electron chi connectivity index (χ0n) is 6.50. The summed E-state index contributed by atoms with van der Waals surface area (Å²) in [6.07, 6.45) is 0.972. The molecule has 0 fully saturated rings. The predicted octanol–water partition coefficient (Wildman–Crippen LogP) is 1.98. The van der Waals surface area contributed by atoms with Crippen molar-refractivity contribution in [3.63, 3.8) is 0 Å². The molecule has 0 aliphatic rings. The molecule has 0 bridgehead atoms. The maximum Gasteiger partial charge on any atom is 0.127 e. The van der Waals surface area contributed by atoms with Crippen LogP contribution in [0.5, 0.6) is 11.5 Å². The molecule has 0 amide bonds. The largest absolute Gasteiger partial charge is 0.507 e. The van der Waals surface area contributed by atoms with Gasteiger partial charge in [0.2, 0.25) is 0 Å². The van der Waals surface area contributed by atoms with E-state index in [4.69, 9.17) is 9.84 Å². The van der Waals surface area contributed by atoms with Gasteiger partial charge in [0.25, 0.3) is 0 Å². The molecule has 0 saturated heterocycles. The first-order valence-electron chi connectivity index (χ1n) is 3.66. The first kappa shape index (κ1) is 7.92. The highest BCUT2D eigenvalue weighted by Crippen LogP contribution is 2.16. The van der Waals surface area contributed by atoms with Crippen LogP contribution in [0, 0.1) is 6.07 Å². The maximum absolute atomic E-state index is 8.98. The number of phenols is 1. The van der Waals surface area contributed by atoms with Crippen molar-refractivity contribution in [3.8, 4) is 11.5 Å². The van der Waals surface area contributed by atoms with Crippen molar-refractivity contribution >= 4 is 0 Å². The summed E-state index contributed by atoms with van der Waals surface area (Å²) in [5.74, 6) is 0.821. The molecule has 1 aromatic carbocycles. The molecule has 0 aromatic heterocycles. The van der Waals surface area contributed by atoms with Crippen LogP contribution in [-0.2, 0) is 0 Å². The maximum atomic E-state index is 8.98. The zero-order valence-corrected chi connectivity index (χ0v) is 6.50. The predicted molar refractivity (Wildman–Crippen MR) is 42.7 cm³/mol. The van der Waals surface area contributed by atoms with E-state index in [1.165, 1.54) is 0 Å². The molecule has 0 aliphatic carbocycles. The Balaban J connectivity index is 2.56. The average Bonchev–Trinajstić information content (AvgIpc) is 2.01. The van der Waals surface area contributed by atoms with Crippen molar-refractivity contribution in [3.05, 3.63) is 24.3 Å². The van der Waals surface area contributed by atoms with Crippen LogP contribution in [0.2, 0.25) is 0 Å². The molecular weight excluding hydrogens is 140 g/mol. The number of ether oxygens (including phenoxy) is 1. The van der Waals surface area contributed by atoms with Crippen molar-refractivity contribution in [2.45, 2.75) is 13.3 Å². The van der Waals surface area contributed by atoms with E-state index >= 15 is 0 Å². The summed E-state index contributed by atoms with van der Waals surface area (Å²) in [4.78, 5) is 0. The third kappa shape index (κ3) is 2.50. The van der Waals surface area contributed by atoms with E-state index < -0.39 is 0 Å². The SMILES string of the molecule is CCCOc1cc[c]c(O)c1. The number of aromatic hydroxyl groups is 1. The normalized spacial score (nSPS) is 9.55. The minimum absolute atomic E-state index is 0.124. The summed E-state index contributed by atoms with van der Waals surface area (Å²) >= 11 is 0. The van der Waals surface area contributed by atoms with Crippen LogP contribution >= 0.6 is 0 Å². The van der Waals surface area contributed by atoms with Gasteiger partial charge in [0.15, 0.2) is 0 Å². The smallest absolute Gasteiger partial charge is 0.127 e. The second-order valence-electron chi connectivity index (χ2n) is 2.26. The lowest BCUT2D eigenvalue weighted by atomic mass is 10.3. The minimum atomic E-state index is 0.124. The molecule has 11 heavy (non-hydrogen) atoms. The highest BCUT2D eigenvalue weighted by Gasteiger charge is 1.92. The van der Waals surface area contributed by atoms with Gasteiger partial charge in [0.1, 0.15) is 11.5 Å². The fourth-order valence-electron chi connectivity index (χ4n) is 0.743. The molecule has 0 atom stereocenters. The summed E-state index contributed by atoms with van der Waals surface area (Å²) in [7, 11) is 0. The van der Waals surface area contributed by atoms with E-state index in [-0.39, 0.29) is 5.75 Å². The third-order valence-electron chi connectivity index (χ3n) is 1.23. The van der Waals surface area contributed by atoms with Crippen molar-refractivity contribution in [2.75, 3.05) is 6.61 Å². The van der Waals surface area contributed by atoms with Crippen LogP contribution in [0.4, 0.5) is 0 Å². The molecule has 2 heteroatoms. The number of phenolic OH excluding ortho intramolecular Hbond substituents is 1. The van der Waals surface area contributed by atoms with Gasteiger partial charge in [-0.05, 0) is 18.6 Å². The number of rotatable bonds is 3. The number of hydrogen-bond donors (Lipinski definition) is 1. The van der Waals surface area contributed by atoms with Crippen LogP contribution in [0.15, 0.2) is 18.2 Å². The van der Waals surface area contributed by atoms with Gasteiger partial charge in [-0.25, -0.2) is 0 Å². The lowest BCUT2D eigenvalue weighted by Gasteiger charge is -2.02. The monoisotopic (exact) mass is 151 g/mol. The zero-order chi connectivity index (χ0) is 8.10. The molecule has 1 radical (unpaired) electrons. The Morgan fingerprint density at radius 3 is 3.09 bits per heavy atom. The Hall–Kier alpha value is -1.18. The first-order valence-corrected chi connectivity index (χ1v) is 3.66. The lowest BCUT2D eigenvalue weighted by Crippen LogP contribution is -1.93. The van der Waals surface area contributed by atoms with Crippen molar-refractivity contribution < 1.29 is 9.84 Å². The molecule has 1 rings (SSSR count). The molecule has 1 aromatic rings. The van der Waals surface area contributed by atoms with Crippen LogP contribution in [0.1, 0.15) is 13.3 Å². The van der Waals surface area contributed by atoms with Gasteiger partial charge in [-0.3, -0.25) is 0 Å². The van der Waals surface area contributed by atoms with E-state index in [0.717, 1.165) is 6.42 Å². The van der Waals surface area contributed by atoms with Crippen molar-refractivity contribution in [2.24, 2.45) is 0 Å². The summed E-state index contributed by atoms with van der Waals surface area (Å²) in [5, 5.41) is 8.98. The van der Waals surface area contributed by atoms with Gasteiger partial charge in [-0.1, -0.05) is 6.92 Å². The van der Waals surface area contributed by atoms with Gasteiger partial charge >= 0.3 is 0 Å². The Bertz CT molecular complexity index is 221. The van der Waals surface area contributed by atoms with Crippen LogP contribution in [0.3, 0.4) is 0 Å². The standard InChI is InChI=1S/C9H11O2/c1-2-6-11-9-5-3-4-8(10)7-9/h3,5,7,10H,2,6H2,1H3. The fraction of sp³-hybridized carbons (Fsp3) is 0.333. The molecule has 2 nitrogen and oxygen atoms in total. The van der Waals surface area contributed by atoms with E-state index in [9.17, 15) is 0 Å². The number of hydrogen-bond acceptors (Lipinski definition) is 2. The summed E-state index contributed by atoms with van der Waals surface area (Å²) in [6, 6.07) is 7.59. The molecule has 1 N–H and O–H groups in total. The van der Waals surface area contributed by atoms with Crippen LogP contribution in [-0.4, -0.2) is 11.7 Å². The van der Waals surface area contributed by atoms with E-state index in [1.807, 2.05) is 6.92 Å². The second kappa shape index (κ2) is 3.86. The van der Waals surface area contributed by atoms with Crippen LogP contribution < -0.4 is 4.74 Å². The highest BCUT2D eigenvalue weighted by atomic mass is 16.5. The van der Waals surface area contributed by atoms with Gasteiger partial charge in [0.05, 0.1) is 6.61 Å². The Morgan fingerprint density at radius 2 is 2.45 bits per heavy atom. The highest BCUT2D eigenvalue weighted by molar-refractivity contribution is 5.30. The summed E-state index contributed by atoms with van der Waals surface area (Å²) in [6.45, 7) is 2.72. The number of benzene rings is 1. The fourth-order valence-corrected chi connectivity index (χ4v) is 0.743. The minimum Gasteiger partial charge on any atom is -0.507 e. The first-order chi connectivity index (χ1) is 5.33. The van der Waals surface area contributed by atoms with E-state index in [1.54, 1.807) is 18.2 Å². The summed E-state index contributed by atoms with van der Waals surface area (Å²) in [5.41, 5.74) is 0. The Labute approximate surface area is 66.4 Å². The molecule has 59 valence electrons. The van der Waals surface area contributed by atoms with E-state index in [2.05, 4.69) is 6.07 Å². The van der Waals surface area contributed by atoms with E-state index in [0.29, 0.717) is 12.4 Å². The van der Waals surface area contributed by atoms with Gasteiger partial charge < -0.3 is 9.84 Å². The van der Waals surface area contributed by atoms with Gasteiger partial charge in [-0.15, -0.1) is 0 Å². The molecule has 0 aliphatic heterocycles. The van der Waals surface area contributed by atoms with Gasteiger partial charge in [-0.2, -0.15) is 0 Å². The molecular formula is C9H11O2. The Kier molecular flexibility index (Phi) is 2.78. The van der Waals surface area contributed by atoms with Crippen LogP contribution in [0.25, 0.3) is 0 Å². The lowest BCUT2D eigenvalue weighted by molar-refractivity contribution is 0.315. The van der Waals surface area contributed by atoms with Gasteiger partial charge in [0, 0.05) is 12.1 Å². The molecule has 0 spiro atoms. The van der Waals surface area contributed by atoms with Crippen molar-refractivity contribution in [1.29, 1.82) is 0 Å². The second-order valence-corrected chi connectivity index (χ2v) is 2.26. The quantitative estimate of drug-likeness (QED) is 0.715. The molecule has 0 saturated carbocycles. The van der Waals surface area contributed by atoms with Crippen molar-refractivity contribution in [1.82, 2.24) is 0 Å². The molecule has 0 unspecified atom stereocenters. The average molecular weight is 151 g/mol. The Morgan fingerprint density at radius 1 is 1.64 bits per heavy atom. The summed E-state index contributed by atoms with van der Waals surface area (Å²) < 4.78 is 5.26. The molecule has 0 heterocycles.